The first kappa shape index (κ1) is 14.9. The molecular formula is C16H23NO3. The van der Waals surface area contributed by atoms with Gasteiger partial charge in [0.25, 0.3) is 0 Å². The van der Waals surface area contributed by atoms with Crippen molar-refractivity contribution in [2.45, 2.75) is 32.7 Å². The van der Waals surface area contributed by atoms with Crippen LogP contribution in [0, 0.1) is 11.8 Å². The quantitative estimate of drug-likeness (QED) is 0.804. The van der Waals surface area contributed by atoms with E-state index < -0.39 is 5.97 Å². The van der Waals surface area contributed by atoms with Crippen molar-refractivity contribution in [2.24, 2.45) is 11.8 Å². The van der Waals surface area contributed by atoms with Gasteiger partial charge in [-0.05, 0) is 38.3 Å². The predicted octanol–water partition coefficient (Wildman–Crippen LogP) is 2.68. The van der Waals surface area contributed by atoms with Crippen LogP contribution in [-0.2, 0) is 11.3 Å². The Morgan fingerprint density at radius 2 is 2.20 bits per heavy atom. The number of hydrogen-bond donors (Lipinski definition) is 2. The van der Waals surface area contributed by atoms with Crippen LogP contribution in [0.5, 0.6) is 5.75 Å². The molecule has 1 aliphatic carbocycles. The highest BCUT2D eigenvalue weighted by molar-refractivity contribution is 5.70. The predicted molar refractivity (Wildman–Crippen MR) is 77.8 cm³/mol. The van der Waals surface area contributed by atoms with Crippen LogP contribution in [0.15, 0.2) is 24.3 Å². The molecule has 0 radical (unpaired) electrons. The summed E-state index contributed by atoms with van der Waals surface area (Å²) in [5.74, 6) is 0.337. The van der Waals surface area contributed by atoms with Crippen molar-refractivity contribution in [2.75, 3.05) is 13.2 Å². The summed E-state index contributed by atoms with van der Waals surface area (Å²) in [6.07, 6.45) is 2.85. The average molecular weight is 277 g/mol. The van der Waals surface area contributed by atoms with Crippen molar-refractivity contribution in [3.8, 4) is 5.75 Å². The van der Waals surface area contributed by atoms with Crippen LogP contribution in [-0.4, -0.2) is 24.2 Å². The van der Waals surface area contributed by atoms with Gasteiger partial charge < -0.3 is 15.2 Å². The van der Waals surface area contributed by atoms with Crippen molar-refractivity contribution in [1.29, 1.82) is 0 Å². The maximum atomic E-state index is 11.1. The summed E-state index contributed by atoms with van der Waals surface area (Å²) in [5, 5.41) is 12.6. The molecule has 0 aliphatic heterocycles. The first-order valence-electron chi connectivity index (χ1n) is 7.36. The minimum absolute atomic E-state index is 0.176. The van der Waals surface area contributed by atoms with E-state index in [4.69, 9.17) is 9.84 Å². The third kappa shape index (κ3) is 3.73. The fourth-order valence-corrected chi connectivity index (χ4v) is 2.94. The van der Waals surface area contributed by atoms with Gasteiger partial charge in [0.05, 0.1) is 12.5 Å². The molecule has 20 heavy (non-hydrogen) atoms. The van der Waals surface area contributed by atoms with Crippen LogP contribution in [0.25, 0.3) is 0 Å². The summed E-state index contributed by atoms with van der Waals surface area (Å²) in [6.45, 7) is 4.11. The van der Waals surface area contributed by atoms with Gasteiger partial charge in [-0.3, -0.25) is 4.79 Å². The number of carboxylic acid groups (broad SMARTS) is 1. The molecule has 2 unspecified atom stereocenters. The Balaban J connectivity index is 1.85. The summed E-state index contributed by atoms with van der Waals surface area (Å²) < 4.78 is 5.58. The van der Waals surface area contributed by atoms with Crippen LogP contribution >= 0.6 is 0 Å². The lowest BCUT2D eigenvalue weighted by molar-refractivity contribution is -0.142. The van der Waals surface area contributed by atoms with Crippen molar-refractivity contribution >= 4 is 5.97 Å². The highest BCUT2D eigenvalue weighted by Crippen LogP contribution is 2.31. The minimum Gasteiger partial charge on any atom is -0.494 e. The van der Waals surface area contributed by atoms with Crippen LogP contribution in [0.4, 0.5) is 0 Å². The molecule has 1 aromatic carbocycles. The Bertz CT molecular complexity index is 447. The minimum atomic E-state index is -0.649. The van der Waals surface area contributed by atoms with Crippen LogP contribution in [0.1, 0.15) is 31.7 Å². The van der Waals surface area contributed by atoms with E-state index in [1.807, 2.05) is 31.2 Å². The number of ether oxygens (including phenoxy) is 1. The summed E-state index contributed by atoms with van der Waals surface area (Å²) in [7, 11) is 0. The third-order valence-electron chi connectivity index (χ3n) is 3.97. The standard InChI is InChI=1S/C16H23NO3/c1-2-20-15-9-4-3-6-13(15)11-17-10-12-7-5-8-14(12)16(18)19/h3-4,6,9,12,14,17H,2,5,7-8,10-11H2,1H3,(H,18,19). The van der Waals surface area contributed by atoms with Gasteiger partial charge in [-0.25, -0.2) is 0 Å². The summed E-state index contributed by atoms with van der Waals surface area (Å²) in [6, 6.07) is 7.97. The summed E-state index contributed by atoms with van der Waals surface area (Å²) in [4.78, 5) is 11.1. The molecule has 2 rings (SSSR count). The molecule has 1 aromatic rings. The number of hydrogen-bond acceptors (Lipinski definition) is 3. The maximum Gasteiger partial charge on any atom is 0.306 e. The topological polar surface area (TPSA) is 58.6 Å². The Morgan fingerprint density at radius 3 is 2.95 bits per heavy atom. The zero-order valence-electron chi connectivity index (χ0n) is 12.0. The molecular weight excluding hydrogens is 254 g/mol. The molecule has 0 heterocycles. The number of para-hydroxylation sites is 1. The van der Waals surface area contributed by atoms with Crippen molar-refractivity contribution in [1.82, 2.24) is 5.32 Å². The smallest absolute Gasteiger partial charge is 0.306 e. The number of rotatable bonds is 7. The number of carboxylic acids is 1. The fourth-order valence-electron chi connectivity index (χ4n) is 2.94. The summed E-state index contributed by atoms with van der Waals surface area (Å²) in [5.41, 5.74) is 1.12. The van der Waals surface area contributed by atoms with Gasteiger partial charge in [0, 0.05) is 12.1 Å². The SMILES string of the molecule is CCOc1ccccc1CNCC1CCCC1C(=O)O. The van der Waals surface area contributed by atoms with E-state index in [1.54, 1.807) is 0 Å². The van der Waals surface area contributed by atoms with Gasteiger partial charge >= 0.3 is 5.97 Å². The molecule has 1 fully saturated rings. The second-order valence-electron chi connectivity index (χ2n) is 5.31. The lowest BCUT2D eigenvalue weighted by atomic mass is 9.96. The molecule has 4 nitrogen and oxygen atoms in total. The van der Waals surface area contributed by atoms with E-state index in [9.17, 15) is 4.79 Å². The molecule has 1 aliphatic rings. The maximum absolute atomic E-state index is 11.1. The second-order valence-corrected chi connectivity index (χ2v) is 5.31. The molecule has 0 amide bonds. The van der Waals surface area contributed by atoms with E-state index in [1.165, 1.54) is 0 Å². The van der Waals surface area contributed by atoms with Crippen LogP contribution < -0.4 is 10.1 Å². The summed E-state index contributed by atoms with van der Waals surface area (Å²) >= 11 is 0. The van der Waals surface area contributed by atoms with Gasteiger partial charge in [-0.2, -0.15) is 0 Å². The molecule has 4 heteroatoms. The van der Waals surface area contributed by atoms with Crippen molar-refractivity contribution < 1.29 is 14.6 Å². The lowest BCUT2D eigenvalue weighted by Gasteiger charge is -2.17. The van der Waals surface area contributed by atoms with Gasteiger partial charge in [-0.15, -0.1) is 0 Å². The monoisotopic (exact) mass is 277 g/mol. The Morgan fingerprint density at radius 1 is 1.40 bits per heavy atom. The molecule has 0 spiro atoms. The van der Waals surface area contributed by atoms with E-state index in [2.05, 4.69) is 5.32 Å². The van der Waals surface area contributed by atoms with Gasteiger partial charge in [0.15, 0.2) is 0 Å². The Hall–Kier alpha value is -1.55. The highest BCUT2D eigenvalue weighted by Gasteiger charge is 2.32. The number of aliphatic carboxylic acids is 1. The zero-order valence-corrected chi connectivity index (χ0v) is 12.0. The third-order valence-corrected chi connectivity index (χ3v) is 3.97. The first-order valence-corrected chi connectivity index (χ1v) is 7.36. The molecule has 0 saturated heterocycles. The van der Waals surface area contributed by atoms with E-state index in [-0.39, 0.29) is 11.8 Å². The normalized spacial score (nSPS) is 21.9. The number of nitrogens with one attached hydrogen (secondary N) is 1. The molecule has 0 aromatic heterocycles. The Labute approximate surface area is 120 Å². The lowest BCUT2D eigenvalue weighted by Crippen LogP contribution is -2.28. The second kappa shape index (κ2) is 7.29. The largest absolute Gasteiger partial charge is 0.494 e. The van der Waals surface area contributed by atoms with Crippen LogP contribution in [0.3, 0.4) is 0 Å². The first-order chi connectivity index (χ1) is 9.72. The average Bonchev–Trinajstić information content (AvgIpc) is 2.90. The van der Waals surface area contributed by atoms with E-state index in [0.717, 1.165) is 43.7 Å². The highest BCUT2D eigenvalue weighted by atomic mass is 16.5. The fraction of sp³-hybridized carbons (Fsp3) is 0.562. The Kier molecular flexibility index (Phi) is 5.41. The van der Waals surface area contributed by atoms with Crippen molar-refractivity contribution in [3.63, 3.8) is 0 Å². The van der Waals surface area contributed by atoms with E-state index in [0.29, 0.717) is 6.61 Å². The van der Waals surface area contributed by atoms with Crippen LogP contribution in [0.2, 0.25) is 0 Å². The molecule has 1 saturated carbocycles. The van der Waals surface area contributed by atoms with E-state index >= 15 is 0 Å². The van der Waals surface area contributed by atoms with Crippen molar-refractivity contribution in [3.05, 3.63) is 29.8 Å². The molecule has 2 atom stereocenters. The van der Waals surface area contributed by atoms with Gasteiger partial charge in [-0.1, -0.05) is 24.6 Å². The number of benzene rings is 1. The van der Waals surface area contributed by atoms with Gasteiger partial charge in [0.2, 0.25) is 0 Å². The molecule has 2 N–H and O–H groups in total. The zero-order chi connectivity index (χ0) is 14.4. The molecule has 0 bridgehead atoms. The number of carbonyl (C=O) groups is 1. The van der Waals surface area contributed by atoms with Gasteiger partial charge in [0.1, 0.15) is 5.75 Å². The molecule has 110 valence electrons.